The molecule has 35 heavy (non-hydrogen) atoms. The standard InChI is InChI=1S/C28H34N4O3/c1-27(2,3)20-13-19(14-21(28(4,5)6)23(20)35-17-34-7)24-30-25-22(26(33)31-24)32(16-29-25)15-18-11-9-8-10-12-18/h8-14,16H,15,17H2,1-7H3,(H,30,31,33). The predicted octanol–water partition coefficient (Wildman–Crippen LogP) is 5.41. The van der Waals surface area contributed by atoms with Crippen LogP contribution >= 0.6 is 0 Å². The lowest BCUT2D eigenvalue weighted by atomic mass is 9.78. The van der Waals surface area contributed by atoms with Crippen molar-refractivity contribution >= 4 is 11.2 Å². The lowest BCUT2D eigenvalue weighted by Gasteiger charge is -2.30. The SMILES string of the molecule is COCOc1c(C(C)(C)C)cc(-c2nc3ncn(Cc4ccccc4)c3c(=O)[nH]2)cc1C(C)(C)C. The van der Waals surface area contributed by atoms with E-state index < -0.39 is 0 Å². The zero-order valence-electron chi connectivity index (χ0n) is 21.6. The van der Waals surface area contributed by atoms with E-state index in [1.807, 2.05) is 47.0 Å². The summed E-state index contributed by atoms with van der Waals surface area (Å²) < 4.78 is 13.1. The number of rotatable bonds is 6. The van der Waals surface area contributed by atoms with Gasteiger partial charge in [0.25, 0.3) is 5.56 Å². The van der Waals surface area contributed by atoms with Crippen molar-refractivity contribution in [3.05, 3.63) is 75.8 Å². The van der Waals surface area contributed by atoms with Crippen LogP contribution in [0.25, 0.3) is 22.6 Å². The third kappa shape index (κ3) is 5.15. The van der Waals surface area contributed by atoms with Gasteiger partial charge >= 0.3 is 0 Å². The van der Waals surface area contributed by atoms with Gasteiger partial charge in [0, 0.05) is 30.3 Å². The Hall–Kier alpha value is -3.45. The third-order valence-electron chi connectivity index (χ3n) is 5.98. The van der Waals surface area contributed by atoms with Crippen LogP contribution < -0.4 is 10.3 Å². The number of aromatic amines is 1. The molecule has 4 aromatic rings. The number of benzene rings is 2. The van der Waals surface area contributed by atoms with E-state index in [0.717, 1.165) is 28.0 Å². The molecule has 2 heterocycles. The minimum atomic E-state index is -0.215. The molecular formula is C28H34N4O3. The van der Waals surface area contributed by atoms with Crippen LogP contribution in [0.5, 0.6) is 5.75 Å². The predicted molar refractivity (Wildman–Crippen MR) is 139 cm³/mol. The molecule has 0 amide bonds. The van der Waals surface area contributed by atoms with Gasteiger partial charge in [-0.15, -0.1) is 0 Å². The second kappa shape index (κ2) is 9.30. The molecule has 0 saturated heterocycles. The molecule has 0 atom stereocenters. The highest BCUT2D eigenvalue weighted by Crippen LogP contribution is 2.42. The first-order chi connectivity index (χ1) is 16.5. The number of methoxy groups -OCH3 is 1. The van der Waals surface area contributed by atoms with Crippen molar-refractivity contribution in [2.24, 2.45) is 0 Å². The van der Waals surface area contributed by atoms with Crippen molar-refractivity contribution in [2.75, 3.05) is 13.9 Å². The molecule has 4 rings (SSSR count). The normalized spacial score (nSPS) is 12.3. The van der Waals surface area contributed by atoms with Crippen LogP contribution in [0.1, 0.15) is 58.2 Å². The number of nitrogens with zero attached hydrogens (tertiary/aromatic N) is 3. The number of H-pyrrole nitrogens is 1. The van der Waals surface area contributed by atoms with Gasteiger partial charge < -0.3 is 19.0 Å². The summed E-state index contributed by atoms with van der Waals surface area (Å²) >= 11 is 0. The van der Waals surface area contributed by atoms with Crippen LogP contribution in [0.4, 0.5) is 0 Å². The molecule has 0 spiro atoms. The molecule has 184 valence electrons. The van der Waals surface area contributed by atoms with Crippen molar-refractivity contribution < 1.29 is 9.47 Å². The van der Waals surface area contributed by atoms with Crippen LogP contribution in [-0.2, 0) is 22.1 Å². The Morgan fingerprint density at radius 1 is 0.971 bits per heavy atom. The summed E-state index contributed by atoms with van der Waals surface area (Å²) in [5, 5.41) is 0. The van der Waals surface area contributed by atoms with Crippen LogP contribution in [0.3, 0.4) is 0 Å². The van der Waals surface area contributed by atoms with E-state index in [1.165, 1.54) is 0 Å². The average Bonchev–Trinajstić information content (AvgIpc) is 3.19. The molecule has 0 fully saturated rings. The fourth-order valence-corrected chi connectivity index (χ4v) is 4.18. The van der Waals surface area contributed by atoms with Crippen molar-refractivity contribution in [2.45, 2.75) is 58.9 Å². The highest BCUT2D eigenvalue weighted by atomic mass is 16.7. The lowest BCUT2D eigenvalue weighted by molar-refractivity contribution is 0.0484. The van der Waals surface area contributed by atoms with E-state index >= 15 is 0 Å². The first kappa shape index (κ1) is 24.7. The van der Waals surface area contributed by atoms with E-state index in [9.17, 15) is 4.79 Å². The molecular weight excluding hydrogens is 440 g/mol. The number of fused-ring (bicyclic) bond motifs is 1. The number of hydrogen-bond donors (Lipinski definition) is 1. The largest absolute Gasteiger partial charge is 0.467 e. The Morgan fingerprint density at radius 2 is 1.60 bits per heavy atom. The van der Waals surface area contributed by atoms with Gasteiger partial charge in [0.15, 0.2) is 18.0 Å². The minimum absolute atomic E-state index is 0.158. The molecule has 7 nitrogen and oxygen atoms in total. The summed E-state index contributed by atoms with van der Waals surface area (Å²) in [5.74, 6) is 1.30. The molecule has 2 aromatic heterocycles. The van der Waals surface area contributed by atoms with E-state index in [1.54, 1.807) is 13.4 Å². The summed E-state index contributed by atoms with van der Waals surface area (Å²) in [6, 6.07) is 14.1. The Labute approximate surface area is 206 Å². The van der Waals surface area contributed by atoms with E-state index in [2.05, 4.69) is 51.5 Å². The molecule has 0 aliphatic carbocycles. The molecule has 0 saturated carbocycles. The molecule has 7 heteroatoms. The summed E-state index contributed by atoms with van der Waals surface area (Å²) in [6.07, 6.45) is 1.67. The zero-order valence-corrected chi connectivity index (χ0v) is 21.6. The molecule has 0 radical (unpaired) electrons. The highest BCUT2D eigenvalue weighted by molar-refractivity contribution is 5.74. The van der Waals surface area contributed by atoms with Gasteiger partial charge in [-0.25, -0.2) is 9.97 Å². The Bertz CT molecular complexity index is 1350. The van der Waals surface area contributed by atoms with Crippen molar-refractivity contribution in [3.8, 4) is 17.1 Å². The van der Waals surface area contributed by atoms with Gasteiger partial charge in [-0.05, 0) is 28.5 Å². The molecule has 0 aliphatic heterocycles. The smallest absolute Gasteiger partial charge is 0.277 e. The van der Waals surface area contributed by atoms with E-state index in [4.69, 9.17) is 14.5 Å². The first-order valence-corrected chi connectivity index (χ1v) is 11.8. The van der Waals surface area contributed by atoms with E-state index in [-0.39, 0.29) is 23.2 Å². The second-order valence-corrected chi connectivity index (χ2v) is 10.9. The minimum Gasteiger partial charge on any atom is -0.467 e. The maximum atomic E-state index is 13.2. The number of nitrogens with one attached hydrogen (secondary N) is 1. The van der Waals surface area contributed by atoms with Crippen LogP contribution in [0.2, 0.25) is 0 Å². The summed E-state index contributed by atoms with van der Waals surface area (Å²) in [7, 11) is 1.61. The summed E-state index contributed by atoms with van der Waals surface area (Å²) in [4.78, 5) is 25.4. The summed E-state index contributed by atoms with van der Waals surface area (Å²) in [5.41, 5.74) is 4.21. The summed E-state index contributed by atoms with van der Waals surface area (Å²) in [6.45, 7) is 13.6. The van der Waals surface area contributed by atoms with Crippen molar-refractivity contribution in [1.29, 1.82) is 0 Å². The van der Waals surface area contributed by atoms with Crippen molar-refractivity contribution in [1.82, 2.24) is 19.5 Å². The number of ether oxygens (including phenoxy) is 2. The average molecular weight is 475 g/mol. The van der Waals surface area contributed by atoms with Crippen LogP contribution in [0, 0.1) is 0 Å². The number of aromatic nitrogens is 4. The first-order valence-electron chi connectivity index (χ1n) is 11.8. The topological polar surface area (TPSA) is 82.0 Å². The van der Waals surface area contributed by atoms with Gasteiger partial charge in [-0.1, -0.05) is 71.9 Å². The Balaban J connectivity index is 1.87. The molecule has 0 bridgehead atoms. The maximum Gasteiger partial charge on any atom is 0.277 e. The van der Waals surface area contributed by atoms with Crippen molar-refractivity contribution in [3.63, 3.8) is 0 Å². The van der Waals surface area contributed by atoms with Crippen LogP contribution in [0.15, 0.2) is 53.6 Å². The monoisotopic (exact) mass is 474 g/mol. The van der Waals surface area contributed by atoms with Gasteiger partial charge in [-0.3, -0.25) is 4.79 Å². The molecule has 0 unspecified atom stereocenters. The van der Waals surface area contributed by atoms with Gasteiger partial charge in [0.1, 0.15) is 11.6 Å². The third-order valence-corrected chi connectivity index (χ3v) is 5.98. The molecule has 2 aromatic carbocycles. The fourth-order valence-electron chi connectivity index (χ4n) is 4.18. The van der Waals surface area contributed by atoms with Gasteiger partial charge in [0.05, 0.1) is 6.33 Å². The Kier molecular flexibility index (Phi) is 6.56. The zero-order chi connectivity index (χ0) is 25.4. The lowest BCUT2D eigenvalue weighted by Crippen LogP contribution is -2.21. The Morgan fingerprint density at radius 3 is 2.17 bits per heavy atom. The van der Waals surface area contributed by atoms with Crippen LogP contribution in [-0.4, -0.2) is 33.4 Å². The molecule has 1 N–H and O–H groups in total. The maximum absolute atomic E-state index is 13.2. The number of hydrogen-bond acceptors (Lipinski definition) is 5. The highest BCUT2D eigenvalue weighted by Gasteiger charge is 2.29. The van der Waals surface area contributed by atoms with Gasteiger partial charge in [0.2, 0.25) is 0 Å². The van der Waals surface area contributed by atoms with Gasteiger partial charge in [-0.2, -0.15) is 0 Å². The molecule has 0 aliphatic rings. The fraction of sp³-hybridized carbons (Fsp3) is 0.393. The second-order valence-electron chi connectivity index (χ2n) is 10.9. The number of imidazole rings is 1. The quantitative estimate of drug-likeness (QED) is 0.378. The van der Waals surface area contributed by atoms with E-state index in [0.29, 0.717) is 23.5 Å².